The van der Waals surface area contributed by atoms with Crippen LogP contribution in [0.15, 0.2) is 63.4 Å². The number of nitrogens with zero attached hydrogens (tertiary/aromatic N) is 3. The molecule has 0 atom stereocenters. The van der Waals surface area contributed by atoms with Crippen molar-refractivity contribution in [3.8, 4) is 11.5 Å². The minimum Gasteiger partial charge on any atom is -0.493 e. The van der Waals surface area contributed by atoms with E-state index in [0.717, 1.165) is 22.9 Å². The van der Waals surface area contributed by atoms with Gasteiger partial charge in [-0.05, 0) is 48.4 Å². The molecule has 156 valence electrons. The first-order valence-electron chi connectivity index (χ1n) is 9.74. The van der Waals surface area contributed by atoms with Crippen molar-refractivity contribution >= 4 is 33.0 Å². The number of rotatable bonds is 9. The van der Waals surface area contributed by atoms with Gasteiger partial charge in [0, 0.05) is 10.9 Å². The first kappa shape index (κ1) is 21.8. The lowest BCUT2D eigenvalue weighted by Crippen LogP contribution is -2.22. The summed E-state index contributed by atoms with van der Waals surface area (Å²) in [5.74, 6) is 1.85. The van der Waals surface area contributed by atoms with Gasteiger partial charge in [0.15, 0.2) is 11.5 Å². The fraction of sp³-hybridized carbons (Fsp3) is 0.261. The van der Waals surface area contributed by atoms with E-state index in [2.05, 4.69) is 39.5 Å². The van der Waals surface area contributed by atoms with Gasteiger partial charge in [-0.2, -0.15) is 9.78 Å². The molecular formula is C23H24BrN3O3. The van der Waals surface area contributed by atoms with Crippen LogP contribution in [-0.2, 0) is 6.42 Å². The zero-order valence-electron chi connectivity index (χ0n) is 17.1. The van der Waals surface area contributed by atoms with Crippen molar-refractivity contribution in [3.05, 3.63) is 75.3 Å². The zero-order valence-corrected chi connectivity index (χ0v) is 18.7. The van der Waals surface area contributed by atoms with Gasteiger partial charge in [-0.25, -0.2) is 4.98 Å². The smallest absolute Gasteiger partial charge is 0.282 e. The van der Waals surface area contributed by atoms with Crippen LogP contribution < -0.4 is 15.0 Å². The van der Waals surface area contributed by atoms with Crippen molar-refractivity contribution in [2.24, 2.45) is 5.10 Å². The molecule has 0 bridgehead atoms. The molecule has 7 heteroatoms. The number of hydrogen-bond acceptors (Lipinski definition) is 5. The van der Waals surface area contributed by atoms with Gasteiger partial charge in [-0.1, -0.05) is 41.9 Å². The SMILES string of the molecule is C=CCOc1ccc(C=Nn2c(CCCC)nc3ccc(Br)cc3c2=O)cc1OC. The Balaban J connectivity index is 2.03. The molecule has 2 aromatic carbocycles. The molecule has 0 saturated heterocycles. The second kappa shape index (κ2) is 10.2. The van der Waals surface area contributed by atoms with Crippen LogP contribution in [0.3, 0.4) is 0 Å². The Morgan fingerprint density at radius 1 is 1.23 bits per heavy atom. The first-order chi connectivity index (χ1) is 14.6. The Hall–Kier alpha value is -2.93. The summed E-state index contributed by atoms with van der Waals surface area (Å²) in [5, 5.41) is 4.99. The summed E-state index contributed by atoms with van der Waals surface area (Å²) in [6, 6.07) is 11.0. The number of aromatic nitrogens is 2. The molecule has 0 aliphatic heterocycles. The van der Waals surface area contributed by atoms with Gasteiger partial charge < -0.3 is 9.47 Å². The van der Waals surface area contributed by atoms with Gasteiger partial charge in [-0.3, -0.25) is 4.79 Å². The molecule has 0 amide bonds. The number of halogens is 1. The van der Waals surface area contributed by atoms with Crippen molar-refractivity contribution in [2.75, 3.05) is 13.7 Å². The Kier molecular flexibility index (Phi) is 7.41. The molecule has 0 unspecified atom stereocenters. The molecule has 0 saturated carbocycles. The van der Waals surface area contributed by atoms with Crippen molar-refractivity contribution < 1.29 is 9.47 Å². The van der Waals surface area contributed by atoms with E-state index in [1.807, 2.05) is 24.3 Å². The van der Waals surface area contributed by atoms with E-state index < -0.39 is 0 Å². The minimum atomic E-state index is -0.193. The fourth-order valence-corrected chi connectivity index (χ4v) is 3.33. The molecule has 1 aromatic heterocycles. The normalized spacial score (nSPS) is 11.2. The van der Waals surface area contributed by atoms with Crippen molar-refractivity contribution in [1.29, 1.82) is 0 Å². The highest BCUT2D eigenvalue weighted by molar-refractivity contribution is 9.10. The monoisotopic (exact) mass is 469 g/mol. The molecule has 30 heavy (non-hydrogen) atoms. The number of fused-ring (bicyclic) bond motifs is 1. The second-order valence-corrected chi connectivity index (χ2v) is 7.58. The molecule has 0 aliphatic rings. The molecule has 0 aliphatic carbocycles. The van der Waals surface area contributed by atoms with E-state index in [9.17, 15) is 4.79 Å². The summed E-state index contributed by atoms with van der Waals surface area (Å²) in [4.78, 5) is 17.8. The van der Waals surface area contributed by atoms with E-state index in [0.29, 0.717) is 41.3 Å². The van der Waals surface area contributed by atoms with Gasteiger partial charge >= 0.3 is 0 Å². The number of hydrogen-bond donors (Lipinski definition) is 0. The van der Waals surface area contributed by atoms with Crippen molar-refractivity contribution in [1.82, 2.24) is 9.66 Å². The van der Waals surface area contributed by atoms with Crippen LogP contribution in [0.2, 0.25) is 0 Å². The predicted molar refractivity (Wildman–Crippen MR) is 124 cm³/mol. The van der Waals surface area contributed by atoms with Crippen LogP contribution in [0, 0.1) is 0 Å². The third kappa shape index (κ3) is 4.97. The summed E-state index contributed by atoms with van der Waals surface area (Å²) in [7, 11) is 1.58. The lowest BCUT2D eigenvalue weighted by Gasteiger charge is -2.10. The molecule has 6 nitrogen and oxygen atoms in total. The largest absolute Gasteiger partial charge is 0.493 e. The minimum absolute atomic E-state index is 0.193. The van der Waals surface area contributed by atoms with E-state index in [1.54, 1.807) is 31.5 Å². The van der Waals surface area contributed by atoms with Crippen molar-refractivity contribution in [2.45, 2.75) is 26.2 Å². The van der Waals surface area contributed by atoms with Gasteiger partial charge in [0.2, 0.25) is 0 Å². The molecule has 0 N–H and O–H groups in total. The maximum Gasteiger partial charge on any atom is 0.282 e. The Labute approximate surface area is 184 Å². The van der Waals surface area contributed by atoms with Gasteiger partial charge in [0.25, 0.3) is 5.56 Å². The Morgan fingerprint density at radius 3 is 2.80 bits per heavy atom. The van der Waals surface area contributed by atoms with E-state index in [4.69, 9.17) is 9.47 Å². The fourth-order valence-electron chi connectivity index (χ4n) is 2.97. The molecule has 3 aromatic rings. The average Bonchev–Trinajstić information content (AvgIpc) is 2.76. The quantitative estimate of drug-likeness (QED) is 0.328. The molecule has 3 rings (SSSR count). The van der Waals surface area contributed by atoms with Gasteiger partial charge in [0.05, 0.1) is 24.2 Å². The maximum absolute atomic E-state index is 13.1. The van der Waals surface area contributed by atoms with Crippen molar-refractivity contribution in [3.63, 3.8) is 0 Å². The number of benzene rings is 2. The maximum atomic E-state index is 13.1. The molecule has 0 spiro atoms. The van der Waals surface area contributed by atoms with Gasteiger partial charge in [-0.15, -0.1) is 0 Å². The molecule has 0 fully saturated rings. The summed E-state index contributed by atoms with van der Waals surface area (Å²) >= 11 is 3.42. The predicted octanol–water partition coefficient (Wildman–Crippen LogP) is 4.96. The second-order valence-electron chi connectivity index (χ2n) is 6.66. The summed E-state index contributed by atoms with van der Waals surface area (Å²) in [6.45, 7) is 6.14. The first-order valence-corrected chi connectivity index (χ1v) is 10.5. The van der Waals surface area contributed by atoms with E-state index >= 15 is 0 Å². The number of ether oxygens (including phenoxy) is 2. The Morgan fingerprint density at radius 2 is 2.07 bits per heavy atom. The number of aryl methyl sites for hydroxylation is 1. The summed E-state index contributed by atoms with van der Waals surface area (Å²) in [6.07, 6.45) is 5.90. The van der Waals surface area contributed by atoms with Crippen LogP contribution in [0.5, 0.6) is 11.5 Å². The lowest BCUT2D eigenvalue weighted by atomic mass is 10.2. The standard InChI is InChI=1S/C23H24BrN3O3/c1-4-6-7-22-26-19-10-9-17(24)14-18(19)23(28)27(22)25-15-16-8-11-20(30-12-5-2)21(13-16)29-3/h5,8-11,13-15H,2,4,6-7,12H2,1,3H3. The van der Waals surface area contributed by atoms with E-state index in [-0.39, 0.29) is 5.56 Å². The third-order valence-corrected chi connectivity index (χ3v) is 4.99. The zero-order chi connectivity index (χ0) is 21.5. The highest BCUT2D eigenvalue weighted by atomic mass is 79.9. The topological polar surface area (TPSA) is 65.7 Å². The van der Waals surface area contributed by atoms with Crippen LogP contribution in [0.1, 0.15) is 31.2 Å². The van der Waals surface area contributed by atoms with Crippen LogP contribution in [0.25, 0.3) is 10.9 Å². The molecule has 1 heterocycles. The van der Waals surface area contributed by atoms with E-state index in [1.165, 1.54) is 4.68 Å². The van der Waals surface area contributed by atoms with Gasteiger partial charge in [0.1, 0.15) is 12.4 Å². The highest BCUT2D eigenvalue weighted by Gasteiger charge is 2.11. The third-order valence-electron chi connectivity index (χ3n) is 4.50. The molecule has 0 radical (unpaired) electrons. The van der Waals surface area contributed by atoms with Crippen LogP contribution >= 0.6 is 15.9 Å². The number of unbranched alkanes of at least 4 members (excludes halogenated alkanes) is 1. The average molecular weight is 470 g/mol. The summed E-state index contributed by atoms with van der Waals surface area (Å²) < 4.78 is 13.2. The lowest BCUT2D eigenvalue weighted by molar-refractivity contribution is 0.326. The Bertz CT molecular complexity index is 1140. The van der Waals surface area contributed by atoms with Crippen LogP contribution in [0.4, 0.5) is 0 Å². The number of methoxy groups -OCH3 is 1. The molecular weight excluding hydrogens is 446 g/mol. The summed E-state index contributed by atoms with van der Waals surface area (Å²) in [5.41, 5.74) is 1.26. The highest BCUT2D eigenvalue weighted by Crippen LogP contribution is 2.27. The van der Waals surface area contributed by atoms with Crippen LogP contribution in [-0.4, -0.2) is 29.6 Å².